The van der Waals surface area contributed by atoms with E-state index in [-0.39, 0.29) is 5.41 Å². The summed E-state index contributed by atoms with van der Waals surface area (Å²) in [5.74, 6) is 1.11. The number of hydrogen-bond donors (Lipinski definition) is 0. The smallest absolute Gasteiger partial charge is 0.150 e. The number of aromatic nitrogens is 3. The fourth-order valence-corrected chi connectivity index (χ4v) is 4.82. The Balaban J connectivity index is 2.13. The molecule has 0 aliphatic heterocycles. The maximum atomic E-state index is 6.29. The highest BCUT2D eigenvalue weighted by atomic mass is 35.5. The van der Waals surface area contributed by atoms with Crippen LogP contribution in [0.25, 0.3) is 20.4 Å². The third-order valence-corrected chi connectivity index (χ3v) is 6.18. The lowest BCUT2D eigenvalue weighted by atomic mass is 9.90. The van der Waals surface area contributed by atoms with Crippen LogP contribution >= 0.6 is 22.9 Å². The molecule has 0 N–H and O–H groups in total. The molecule has 3 aromatic heterocycles. The van der Waals surface area contributed by atoms with Gasteiger partial charge in [-0.25, -0.2) is 15.0 Å². The van der Waals surface area contributed by atoms with E-state index in [1.54, 1.807) is 17.7 Å². The molecule has 0 aromatic carbocycles. The van der Waals surface area contributed by atoms with Crippen molar-refractivity contribution in [2.45, 2.75) is 33.6 Å². The number of thiophene rings is 1. The van der Waals surface area contributed by atoms with Crippen LogP contribution in [-0.2, 0) is 12.8 Å². The molecule has 0 bridgehead atoms. The minimum atomic E-state index is 0.257. The monoisotopic (exact) mass is 346 g/mol. The second-order valence-electron chi connectivity index (χ2n) is 7.05. The second kappa shape index (κ2) is 5.02. The molecule has 3 aromatic rings. The summed E-state index contributed by atoms with van der Waals surface area (Å²) >= 11 is 7.89. The molecule has 0 saturated carbocycles. The first-order valence-electron chi connectivity index (χ1n) is 7.87. The molecule has 3 heterocycles. The molecule has 0 radical (unpaired) electrons. The van der Waals surface area contributed by atoms with Crippen molar-refractivity contribution in [3.8, 4) is 0 Å². The average molecular weight is 347 g/mol. The van der Waals surface area contributed by atoms with Gasteiger partial charge in [-0.2, -0.15) is 0 Å². The molecule has 1 aliphatic carbocycles. The van der Waals surface area contributed by atoms with E-state index in [4.69, 9.17) is 16.6 Å². The van der Waals surface area contributed by atoms with Crippen LogP contribution in [0, 0.1) is 5.41 Å². The van der Waals surface area contributed by atoms with Crippen LogP contribution in [0.2, 0.25) is 5.15 Å². The Labute approximate surface area is 144 Å². The fourth-order valence-electron chi connectivity index (χ4n) is 3.54. The summed E-state index contributed by atoms with van der Waals surface area (Å²) in [6, 6.07) is 0. The third kappa shape index (κ3) is 2.21. The molecular weight excluding hydrogens is 328 g/mol. The lowest BCUT2D eigenvalue weighted by molar-refractivity contribution is 0.393. The topological polar surface area (TPSA) is 41.9 Å². The van der Waals surface area contributed by atoms with Gasteiger partial charge in [-0.05, 0) is 36.3 Å². The molecule has 4 rings (SSSR count). The number of nitrogens with zero attached hydrogens (tertiary/aromatic N) is 4. The fraction of sp³-hybridized carbons (Fsp3) is 0.471. The van der Waals surface area contributed by atoms with E-state index in [0.29, 0.717) is 5.15 Å². The summed E-state index contributed by atoms with van der Waals surface area (Å²) in [5, 5.41) is 1.71. The van der Waals surface area contributed by atoms with Crippen LogP contribution in [0.4, 0.5) is 5.82 Å². The molecule has 1 aliphatic rings. The SMILES string of the molecule is CCN(C)c1nc2sc3c(Cl)ncnc3c2c2c1CC(C)(C)C2. The van der Waals surface area contributed by atoms with E-state index in [1.807, 2.05) is 0 Å². The van der Waals surface area contributed by atoms with Gasteiger partial charge >= 0.3 is 0 Å². The van der Waals surface area contributed by atoms with Crippen molar-refractivity contribution in [3.05, 3.63) is 22.6 Å². The first kappa shape index (κ1) is 15.1. The molecular formula is C17H19ClN4S. The third-order valence-electron chi connectivity index (χ3n) is 4.70. The number of anilines is 1. The average Bonchev–Trinajstić information content (AvgIpc) is 3.02. The van der Waals surface area contributed by atoms with Crippen molar-refractivity contribution < 1.29 is 0 Å². The summed E-state index contributed by atoms with van der Waals surface area (Å²) in [6.45, 7) is 7.75. The van der Waals surface area contributed by atoms with E-state index >= 15 is 0 Å². The standard InChI is InChI=1S/C17H19ClN4S/c1-5-22(4)15-10-7-17(2,3)6-9(10)11-12-13(23-16(11)21-15)14(18)20-8-19-12/h8H,5-7H2,1-4H3. The van der Waals surface area contributed by atoms with E-state index in [1.165, 1.54) is 16.5 Å². The summed E-state index contributed by atoms with van der Waals surface area (Å²) in [6.07, 6.45) is 3.66. The maximum absolute atomic E-state index is 6.29. The Hall–Kier alpha value is -1.46. The predicted molar refractivity (Wildman–Crippen MR) is 97.9 cm³/mol. The lowest BCUT2D eigenvalue weighted by Gasteiger charge is -2.20. The van der Waals surface area contributed by atoms with Crippen molar-refractivity contribution in [1.29, 1.82) is 0 Å². The molecule has 0 amide bonds. The Morgan fingerprint density at radius 1 is 1.26 bits per heavy atom. The van der Waals surface area contributed by atoms with Crippen LogP contribution in [0.1, 0.15) is 31.9 Å². The van der Waals surface area contributed by atoms with Gasteiger partial charge in [0.1, 0.15) is 22.1 Å². The molecule has 0 atom stereocenters. The van der Waals surface area contributed by atoms with Crippen molar-refractivity contribution >= 4 is 49.2 Å². The zero-order valence-corrected chi connectivity index (χ0v) is 15.3. The molecule has 23 heavy (non-hydrogen) atoms. The number of pyridine rings is 1. The molecule has 0 spiro atoms. The molecule has 0 unspecified atom stereocenters. The number of rotatable bonds is 2. The van der Waals surface area contributed by atoms with Crippen molar-refractivity contribution in [2.75, 3.05) is 18.5 Å². The number of halogens is 1. The first-order chi connectivity index (χ1) is 10.9. The van der Waals surface area contributed by atoms with E-state index < -0.39 is 0 Å². The summed E-state index contributed by atoms with van der Waals surface area (Å²) in [5.41, 5.74) is 3.99. The number of fused-ring (bicyclic) bond motifs is 5. The highest BCUT2D eigenvalue weighted by molar-refractivity contribution is 7.26. The minimum absolute atomic E-state index is 0.257. The quantitative estimate of drug-likeness (QED) is 0.642. The lowest BCUT2D eigenvalue weighted by Crippen LogP contribution is -2.19. The van der Waals surface area contributed by atoms with Gasteiger partial charge in [0.2, 0.25) is 0 Å². The predicted octanol–water partition coefficient (Wildman–Crippen LogP) is 4.47. The van der Waals surface area contributed by atoms with E-state index in [2.05, 4.69) is 42.7 Å². The Morgan fingerprint density at radius 2 is 2.00 bits per heavy atom. The van der Waals surface area contributed by atoms with Gasteiger partial charge in [0.05, 0.1) is 10.2 Å². The number of hydrogen-bond acceptors (Lipinski definition) is 5. The molecule has 4 nitrogen and oxygen atoms in total. The van der Waals surface area contributed by atoms with Gasteiger partial charge in [0.25, 0.3) is 0 Å². The zero-order chi connectivity index (χ0) is 16.4. The molecule has 6 heteroatoms. The van der Waals surface area contributed by atoms with Gasteiger partial charge < -0.3 is 4.90 Å². The molecule has 120 valence electrons. The normalized spacial score (nSPS) is 16.2. The van der Waals surface area contributed by atoms with Gasteiger partial charge in [0.15, 0.2) is 0 Å². The second-order valence-corrected chi connectivity index (χ2v) is 8.41. The van der Waals surface area contributed by atoms with Crippen molar-refractivity contribution in [2.24, 2.45) is 5.41 Å². The zero-order valence-electron chi connectivity index (χ0n) is 13.8. The van der Waals surface area contributed by atoms with Crippen LogP contribution in [0.3, 0.4) is 0 Å². The Kier molecular flexibility index (Phi) is 3.29. The van der Waals surface area contributed by atoms with Gasteiger partial charge in [-0.3, -0.25) is 0 Å². The molecule has 0 fully saturated rings. The van der Waals surface area contributed by atoms with Crippen LogP contribution in [0.15, 0.2) is 6.33 Å². The Morgan fingerprint density at radius 3 is 2.74 bits per heavy atom. The molecule has 0 saturated heterocycles. The van der Waals surface area contributed by atoms with Gasteiger partial charge in [0, 0.05) is 19.0 Å². The van der Waals surface area contributed by atoms with E-state index in [0.717, 1.165) is 40.3 Å². The Bertz CT molecular complexity index is 931. The summed E-state index contributed by atoms with van der Waals surface area (Å²) in [4.78, 5) is 16.9. The van der Waals surface area contributed by atoms with Crippen molar-refractivity contribution in [1.82, 2.24) is 15.0 Å². The van der Waals surface area contributed by atoms with E-state index in [9.17, 15) is 0 Å². The van der Waals surface area contributed by atoms with Crippen LogP contribution in [0.5, 0.6) is 0 Å². The summed E-state index contributed by atoms with van der Waals surface area (Å²) < 4.78 is 0.944. The van der Waals surface area contributed by atoms with Gasteiger partial charge in [-0.1, -0.05) is 25.4 Å². The largest absolute Gasteiger partial charge is 0.360 e. The van der Waals surface area contributed by atoms with Crippen LogP contribution < -0.4 is 4.90 Å². The van der Waals surface area contributed by atoms with Crippen molar-refractivity contribution in [3.63, 3.8) is 0 Å². The van der Waals surface area contributed by atoms with Crippen LogP contribution in [-0.4, -0.2) is 28.5 Å². The maximum Gasteiger partial charge on any atom is 0.150 e. The van der Waals surface area contributed by atoms with Gasteiger partial charge in [-0.15, -0.1) is 11.3 Å². The highest BCUT2D eigenvalue weighted by Gasteiger charge is 2.34. The first-order valence-corrected chi connectivity index (χ1v) is 9.06. The summed E-state index contributed by atoms with van der Waals surface area (Å²) in [7, 11) is 2.11. The highest BCUT2D eigenvalue weighted by Crippen LogP contribution is 2.47. The minimum Gasteiger partial charge on any atom is -0.360 e.